The number of aliphatic hydroxyl groups is 1. The van der Waals surface area contributed by atoms with Gasteiger partial charge in [0.05, 0.1) is 19.3 Å². The Bertz CT molecular complexity index is 534. The highest BCUT2D eigenvalue weighted by molar-refractivity contribution is 5.63. The van der Waals surface area contributed by atoms with Gasteiger partial charge >= 0.3 is 0 Å². The fourth-order valence-electron chi connectivity index (χ4n) is 1.85. The quantitative estimate of drug-likeness (QED) is 0.903. The third-order valence-electron chi connectivity index (χ3n) is 2.93. The molecule has 0 aliphatic heterocycles. The van der Waals surface area contributed by atoms with Gasteiger partial charge in [0, 0.05) is 17.3 Å². The van der Waals surface area contributed by atoms with Crippen LogP contribution in [0.25, 0.3) is 11.1 Å². The van der Waals surface area contributed by atoms with E-state index in [1.165, 1.54) is 6.07 Å². The van der Waals surface area contributed by atoms with Gasteiger partial charge in [-0.2, -0.15) is 5.10 Å². The Morgan fingerprint density at radius 3 is 2.83 bits per heavy atom. The summed E-state index contributed by atoms with van der Waals surface area (Å²) in [5.41, 5.74) is 2.40. The molecule has 2 aromatic rings. The van der Waals surface area contributed by atoms with Crippen LogP contribution >= 0.6 is 0 Å². The zero-order chi connectivity index (χ0) is 13.1. The number of halogens is 1. The van der Waals surface area contributed by atoms with Crippen LogP contribution in [0.4, 0.5) is 4.39 Å². The minimum Gasteiger partial charge on any atom is -0.394 e. The number of rotatable bonds is 4. The molecule has 1 aromatic carbocycles. The lowest BCUT2D eigenvalue weighted by Crippen LogP contribution is -2.01. The Labute approximate surface area is 106 Å². The van der Waals surface area contributed by atoms with Crippen molar-refractivity contribution in [2.75, 3.05) is 6.61 Å². The largest absolute Gasteiger partial charge is 0.394 e. The molecule has 0 aliphatic carbocycles. The molecule has 96 valence electrons. The predicted molar refractivity (Wildman–Crippen MR) is 68.8 cm³/mol. The Morgan fingerprint density at radius 1 is 1.39 bits per heavy atom. The molecular formula is C14H17FN2O. The van der Waals surface area contributed by atoms with Gasteiger partial charge in [-0.3, -0.25) is 4.68 Å². The first-order chi connectivity index (χ1) is 8.61. The van der Waals surface area contributed by atoms with Gasteiger partial charge in [0.1, 0.15) is 5.82 Å². The monoisotopic (exact) mass is 248 g/mol. The molecule has 2 rings (SSSR count). The van der Waals surface area contributed by atoms with E-state index >= 15 is 0 Å². The fourth-order valence-corrected chi connectivity index (χ4v) is 1.85. The van der Waals surface area contributed by atoms with E-state index < -0.39 is 0 Å². The number of hydrogen-bond acceptors (Lipinski definition) is 2. The smallest absolute Gasteiger partial charge is 0.131 e. The molecule has 0 atom stereocenters. The number of benzene rings is 1. The third-order valence-corrected chi connectivity index (χ3v) is 2.93. The van der Waals surface area contributed by atoms with Gasteiger partial charge in [0.25, 0.3) is 0 Å². The van der Waals surface area contributed by atoms with Crippen molar-refractivity contribution in [1.82, 2.24) is 9.78 Å². The zero-order valence-electron chi connectivity index (χ0n) is 10.6. The van der Waals surface area contributed by atoms with E-state index in [2.05, 4.69) is 18.9 Å². The van der Waals surface area contributed by atoms with Crippen molar-refractivity contribution in [1.29, 1.82) is 0 Å². The van der Waals surface area contributed by atoms with Crippen molar-refractivity contribution in [3.63, 3.8) is 0 Å². The van der Waals surface area contributed by atoms with Gasteiger partial charge < -0.3 is 5.11 Å². The summed E-state index contributed by atoms with van der Waals surface area (Å²) in [6, 6.07) is 5.16. The SMILES string of the molecule is CC(C)c1ccc(F)c(-c2cnn(CCO)c2)c1. The average Bonchev–Trinajstić information content (AvgIpc) is 2.78. The molecule has 1 N–H and O–H groups in total. The zero-order valence-corrected chi connectivity index (χ0v) is 10.6. The van der Waals surface area contributed by atoms with E-state index in [9.17, 15) is 4.39 Å². The highest BCUT2D eigenvalue weighted by Gasteiger charge is 2.10. The van der Waals surface area contributed by atoms with E-state index in [4.69, 9.17) is 5.11 Å². The van der Waals surface area contributed by atoms with Crippen LogP contribution < -0.4 is 0 Å². The molecule has 4 heteroatoms. The highest BCUT2D eigenvalue weighted by Crippen LogP contribution is 2.26. The van der Waals surface area contributed by atoms with Crippen LogP contribution in [0.1, 0.15) is 25.3 Å². The van der Waals surface area contributed by atoms with Crippen LogP contribution in [0.15, 0.2) is 30.6 Å². The average molecular weight is 248 g/mol. The second-order valence-corrected chi connectivity index (χ2v) is 4.61. The van der Waals surface area contributed by atoms with Gasteiger partial charge in [-0.1, -0.05) is 19.9 Å². The van der Waals surface area contributed by atoms with E-state index in [0.717, 1.165) is 11.1 Å². The predicted octanol–water partition coefficient (Wildman–Crippen LogP) is 2.80. The minimum atomic E-state index is -0.247. The molecule has 18 heavy (non-hydrogen) atoms. The summed E-state index contributed by atoms with van der Waals surface area (Å²) < 4.78 is 15.4. The van der Waals surface area contributed by atoms with Crippen molar-refractivity contribution in [3.05, 3.63) is 42.0 Å². The summed E-state index contributed by atoms with van der Waals surface area (Å²) in [4.78, 5) is 0. The Morgan fingerprint density at radius 2 is 2.17 bits per heavy atom. The van der Waals surface area contributed by atoms with Gasteiger partial charge in [-0.15, -0.1) is 0 Å². The highest BCUT2D eigenvalue weighted by atomic mass is 19.1. The van der Waals surface area contributed by atoms with E-state index in [1.807, 2.05) is 12.1 Å². The molecule has 0 saturated heterocycles. The molecule has 0 spiro atoms. The summed E-state index contributed by atoms with van der Waals surface area (Å²) in [6.45, 7) is 4.60. The van der Waals surface area contributed by atoms with Gasteiger partial charge in [0.2, 0.25) is 0 Å². The van der Waals surface area contributed by atoms with Gasteiger partial charge in [0.15, 0.2) is 0 Å². The molecule has 0 unspecified atom stereocenters. The van der Waals surface area contributed by atoms with E-state index in [0.29, 0.717) is 18.0 Å². The second-order valence-electron chi connectivity index (χ2n) is 4.61. The van der Waals surface area contributed by atoms with Crippen molar-refractivity contribution >= 4 is 0 Å². The lowest BCUT2D eigenvalue weighted by Gasteiger charge is -2.08. The van der Waals surface area contributed by atoms with Crippen LogP contribution in [0, 0.1) is 5.82 Å². The first kappa shape index (κ1) is 12.8. The van der Waals surface area contributed by atoms with Gasteiger partial charge in [-0.25, -0.2) is 4.39 Å². The van der Waals surface area contributed by atoms with Crippen molar-refractivity contribution in [3.8, 4) is 11.1 Å². The van der Waals surface area contributed by atoms with E-state index in [1.54, 1.807) is 17.1 Å². The number of hydrogen-bond donors (Lipinski definition) is 1. The molecule has 0 aliphatic rings. The summed E-state index contributed by atoms with van der Waals surface area (Å²) in [5.74, 6) is 0.111. The van der Waals surface area contributed by atoms with Crippen LogP contribution in [0.2, 0.25) is 0 Å². The second kappa shape index (κ2) is 5.31. The Hall–Kier alpha value is -1.68. The number of nitrogens with zero attached hydrogens (tertiary/aromatic N) is 2. The summed E-state index contributed by atoms with van der Waals surface area (Å²) >= 11 is 0. The van der Waals surface area contributed by atoms with Crippen molar-refractivity contribution < 1.29 is 9.50 Å². The standard InChI is InChI=1S/C14H17FN2O/c1-10(2)11-3-4-14(15)13(7-11)12-8-16-17(9-12)5-6-18/h3-4,7-10,18H,5-6H2,1-2H3. The molecule has 3 nitrogen and oxygen atoms in total. The maximum Gasteiger partial charge on any atom is 0.131 e. The summed E-state index contributed by atoms with van der Waals surface area (Å²) in [5, 5.41) is 12.9. The maximum atomic E-state index is 13.8. The molecule has 0 amide bonds. The topological polar surface area (TPSA) is 38.0 Å². The molecule has 1 aromatic heterocycles. The normalized spacial score (nSPS) is 11.2. The van der Waals surface area contributed by atoms with Gasteiger partial charge in [-0.05, 0) is 23.6 Å². The van der Waals surface area contributed by atoms with E-state index in [-0.39, 0.29) is 12.4 Å². The summed E-state index contributed by atoms with van der Waals surface area (Å²) in [6.07, 6.45) is 3.37. The maximum absolute atomic E-state index is 13.8. The molecule has 0 bridgehead atoms. The molecule has 0 saturated carbocycles. The first-order valence-electron chi connectivity index (χ1n) is 6.05. The lowest BCUT2D eigenvalue weighted by atomic mass is 9.98. The Balaban J connectivity index is 2.38. The van der Waals surface area contributed by atoms with Crippen molar-refractivity contribution in [2.24, 2.45) is 0 Å². The molecular weight excluding hydrogens is 231 g/mol. The minimum absolute atomic E-state index is 0.0234. The number of aromatic nitrogens is 2. The molecule has 1 heterocycles. The van der Waals surface area contributed by atoms with Crippen LogP contribution in [0.3, 0.4) is 0 Å². The number of aliphatic hydroxyl groups excluding tert-OH is 1. The Kier molecular flexibility index (Phi) is 3.77. The van der Waals surface area contributed by atoms with Crippen LogP contribution in [-0.2, 0) is 6.54 Å². The summed E-state index contributed by atoms with van der Waals surface area (Å²) in [7, 11) is 0. The lowest BCUT2D eigenvalue weighted by molar-refractivity contribution is 0.269. The van der Waals surface area contributed by atoms with Crippen LogP contribution in [0.5, 0.6) is 0 Å². The fraction of sp³-hybridized carbons (Fsp3) is 0.357. The first-order valence-corrected chi connectivity index (χ1v) is 6.05. The van der Waals surface area contributed by atoms with Crippen molar-refractivity contribution in [2.45, 2.75) is 26.3 Å². The molecule has 0 fully saturated rings. The van der Waals surface area contributed by atoms with Crippen LogP contribution in [-0.4, -0.2) is 21.5 Å². The third kappa shape index (κ3) is 2.59. The molecule has 0 radical (unpaired) electrons.